The zero-order valence-electron chi connectivity index (χ0n) is 11.7. The maximum Gasteiger partial charge on any atom is 0.324 e. The summed E-state index contributed by atoms with van der Waals surface area (Å²) in [5, 5.41) is 17.7. The number of aliphatic hydroxyl groups is 1. The second-order valence-electron chi connectivity index (χ2n) is 4.51. The summed E-state index contributed by atoms with van der Waals surface area (Å²) >= 11 is 0. The number of likely N-dealkylation sites (N-methyl/N-ethyl adjacent to an activating group) is 1. The number of anilines is 1. The van der Waals surface area contributed by atoms with E-state index in [-0.39, 0.29) is 32.1 Å². The van der Waals surface area contributed by atoms with Gasteiger partial charge in [-0.15, -0.1) is 0 Å². The maximum atomic E-state index is 12.3. The summed E-state index contributed by atoms with van der Waals surface area (Å²) in [5.74, 6) is -0.957. The summed E-state index contributed by atoms with van der Waals surface area (Å²) in [6.07, 6.45) is -0.132. The van der Waals surface area contributed by atoms with Crippen molar-refractivity contribution in [3.63, 3.8) is 0 Å². The molecule has 110 valence electrons. The predicted molar refractivity (Wildman–Crippen MR) is 75.9 cm³/mol. The minimum Gasteiger partial charge on any atom is -0.481 e. The number of carboxylic acid groups (broad SMARTS) is 1. The van der Waals surface area contributed by atoms with E-state index >= 15 is 0 Å². The van der Waals surface area contributed by atoms with Crippen LogP contribution in [0.2, 0.25) is 0 Å². The largest absolute Gasteiger partial charge is 0.481 e. The van der Waals surface area contributed by atoms with Gasteiger partial charge in [0.15, 0.2) is 0 Å². The zero-order chi connectivity index (χ0) is 15.1. The first-order chi connectivity index (χ1) is 9.47. The van der Waals surface area contributed by atoms with Crippen molar-refractivity contribution in [2.24, 2.45) is 0 Å². The number of urea groups is 1. The third kappa shape index (κ3) is 4.24. The van der Waals surface area contributed by atoms with Crippen LogP contribution in [0.25, 0.3) is 0 Å². The average molecular weight is 280 g/mol. The molecule has 6 nitrogen and oxygen atoms in total. The highest BCUT2D eigenvalue weighted by molar-refractivity contribution is 5.93. The number of rotatable bonds is 6. The first kappa shape index (κ1) is 16.0. The van der Waals surface area contributed by atoms with Crippen LogP contribution in [-0.2, 0) is 4.79 Å². The van der Waals surface area contributed by atoms with Gasteiger partial charge in [-0.3, -0.25) is 9.69 Å². The summed E-state index contributed by atoms with van der Waals surface area (Å²) < 4.78 is 0. The van der Waals surface area contributed by atoms with Gasteiger partial charge in [-0.2, -0.15) is 0 Å². The topological polar surface area (TPSA) is 81.1 Å². The third-order valence-corrected chi connectivity index (χ3v) is 2.95. The van der Waals surface area contributed by atoms with Crippen LogP contribution in [0.1, 0.15) is 12.0 Å². The number of carbonyl (C=O) groups excluding carboxylic acids is 1. The van der Waals surface area contributed by atoms with Crippen molar-refractivity contribution < 1.29 is 19.8 Å². The molecule has 20 heavy (non-hydrogen) atoms. The number of aliphatic carboxylic acids is 1. The minimum absolute atomic E-state index is 0.0921. The quantitative estimate of drug-likeness (QED) is 0.823. The van der Waals surface area contributed by atoms with Crippen molar-refractivity contribution in [2.75, 3.05) is 31.6 Å². The summed E-state index contributed by atoms with van der Waals surface area (Å²) in [4.78, 5) is 25.9. The molecule has 0 saturated heterocycles. The standard InChI is InChI=1S/C14H20N2O4/c1-11-5-3-4-6-12(11)16(8-7-13(18)19)14(20)15(2)9-10-17/h3-6,17H,7-10H2,1-2H3,(H,18,19). The molecule has 0 heterocycles. The number of para-hydroxylation sites is 1. The molecule has 0 atom stereocenters. The van der Waals surface area contributed by atoms with E-state index in [1.165, 1.54) is 9.80 Å². The van der Waals surface area contributed by atoms with E-state index in [0.717, 1.165) is 5.56 Å². The lowest BCUT2D eigenvalue weighted by atomic mass is 10.2. The Morgan fingerprint density at radius 2 is 1.85 bits per heavy atom. The number of amides is 2. The number of carbonyl (C=O) groups is 2. The van der Waals surface area contributed by atoms with Crippen LogP contribution in [0.15, 0.2) is 24.3 Å². The van der Waals surface area contributed by atoms with Gasteiger partial charge in [0.05, 0.1) is 13.0 Å². The Morgan fingerprint density at radius 3 is 2.40 bits per heavy atom. The number of nitrogens with zero attached hydrogens (tertiary/aromatic N) is 2. The molecule has 0 radical (unpaired) electrons. The van der Waals surface area contributed by atoms with Crippen molar-refractivity contribution in [3.05, 3.63) is 29.8 Å². The molecule has 2 amide bonds. The van der Waals surface area contributed by atoms with E-state index in [4.69, 9.17) is 10.2 Å². The van der Waals surface area contributed by atoms with Crippen LogP contribution in [-0.4, -0.2) is 53.9 Å². The molecule has 0 aliphatic heterocycles. The average Bonchev–Trinajstić information content (AvgIpc) is 2.40. The van der Waals surface area contributed by atoms with E-state index in [0.29, 0.717) is 5.69 Å². The second kappa shape index (κ2) is 7.49. The van der Waals surface area contributed by atoms with Crippen molar-refractivity contribution in [2.45, 2.75) is 13.3 Å². The third-order valence-electron chi connectivity index (χ3n) is 2.95. The molecule has 0 spiro atoms. The number of hydrogen-bond donors (Lipinski definition) is 2. The monoisotopic (exact) mass is 280 g/mol. The van der Waals surface area contributed by atoms with Gasteiger partial charge in [0.1, 0.15) is 0 Å². The van der Waals surface area contributed by atoms with Gasteiger partial charge in [0, 0.05) is 25.8 Å². The molecule has 0 aromatic heterocycles. The van der Waals surface area contributed by atoms with Crippen molar-refractivity contribution >= 4 is 17.7 Å². The van der Waals surface area contributed by atoms with Gasteiger partial charge in [-0.05, 0) is 18.6 Å². The molecule has 0 bridgehead atoms. The molecule has 1 aromatic rings. The molecule has 0 fully saturated rings. The number of hydrogen-bond acceptors (Lipinski definition) is 3. The summed E-state index contributed by atoms with van der Waals surface area (Å²) in [6.45, 7) is 2.02. The number of aryl methyl sites for hydroxylation is 1. The van der Waals surface area contributed by atoms with Gasteiger partial charge >= 0.3 is 12.0 Å². The zero-order valence-corrected chi connectivity index (χ0v) is 11.7. The molecular weight excluding hydrogens is 260 g/mol. The lowest BCUT2D eigenvalue weighted by Gasteiger charge is -2.28. The molecule has 0 saturated carbocycles. The number of aliphatic hydroxyl groups excluding tert-OH is 1. The second-order valence-corrected chi connectivity index (χ2v) is 4.51. The fraction of sp³-hybridized carbons (Fsp3) is 0.429. The fourth-order valence-electron chi connectivity index (χ4n) is 1.84. The van der Waals surface area contributed by atoms with Crippen LogP contribution >= 0.6 is 0 Å². The summed E-state index contributed by atoms with van der Waals surface area (Å²) in [6, 6.07) is 6.98. The van der Waals surface area contributed by atoms with Gasteiger partial charge < -0.3 is 15.1 Å². The minimum atomic E-state index is -0.957. The molecule has 0 aliphatic rings. The Hall–Kier alpha value is -2.08. The molecule has 2 N–H and O–H groups in total. The first-order valence-electron chi connectivity index (χ1n) is 6.38. The first-order valence-corrected chi connectivity index (χ1v) is 6.38. The molecule has 6 heteroatoms. The van der Waals surface area contributed by atoms with E-state index in [1.54, 1.807) is 19.2 Å². The normalized spacial score (nSPS) is 10.2. The highest BCUT2D eigenvalue weighted by atomic mass is 16.4. The van der Waals surface area contributed by atoms with E-state index in [9.17, 15) is 9.59 Å². The predicted octanol–water partition coefficient (Wildman–Crippen LogP) is 1.32. The van der Waals surface area contributed by atoms with Crippen LogP contribution in [0.3, 0.4) is 0 Å². The van der Waals surface area contributed by atoms with E-state index < -0.39 is 5.97 Å². The van der Waals surface area contributed by atoms with Crippen LogP contribution in [0.5, 0.6) is 0 Å². The summed E-state index contributed by atoms with van der Waals surface area (Å²) in [7, 11) is 1.57. The lowest BCUT2D eigenvalue weighted by Crippen LogP contribution is -2.43. The Morgan fingerprint density at radius 1 is 1.20 bits per heavy atom. The molecule has 1 aromatic carbocycles. The SMILES string of the molecule is Cc1ccccc1N(CCC(=O)O)C(=O)N(C)CCO. The summed E-state index contributed by atoms with van der Waals surface area (Å²) in [5.41, 5.74) is 1.58. The lowest BCUT2D eigenvalue weighted by molar-refractivity contribution is -0.136. The Labute approximate surface area is 118 Å². The Kier molecular flexibility index (Phi) is 5.99. The maximum absolute atomic E-state index is 12.3. The fourth-order valence-corrected chi connectivity index (χ4v) is 1.84. The molecule has 0 unspecified atom stereocenters. The highest BCUT2D eigenvalue weighted by Crippen LogP contribution is 2.21. The smallest absolute Gasteiger partial charge is 0.324 e. The van der Waals surface area contributed by atoms with Crippen molar-refractivity contribution in [3.8, 4) is 0 Å². The Balaban J connectivity index is 2.99. The number of carboxylic acids is 1. The van der Waals surface area contributed by atoms with Gasteiger partial charge in [-0.1, -0.05) is 18.2 Å². The number of benzene rings is 1. The van der Waals surface area contributed by atoms with Crippen LogP contribution in [0.4, 0.5) is 10.5 Å². The molecule has 1 rings (SSSR count). The Bertz CT molecular complexity index is 476. The van der Waals surface area contributed by atoms with Gasteiger partial charge in [0.2, 0.25) is 0 Å². The van der Waals surface area contributed by atoms with Crippen molar-refractivity contribution in [1.82, 2.24) is 4.90 Å². The molecule has 0 aliphatic carbocycles. The van der Waals surface area contributed by atoms with Crippen molar-refractivity contribution in [1.29, 1.82) is 0 Å². The van der Waals surface area contributed by atoms with Crippen LogP contribution in [0, 0.1) is 6.92 Å². The highest BCUT2D eigenvalue weighted by Gasteiger charge is 2.21. The van der Waals surface area contributed by atoms with Gasteiger partial charge in [0.25, 0.3) is 0 Å². The van der Waals surface area contributed by atoms with E-state index in [2.05, 4.69) is 0 Å². The van der Waals surface area contributed by atoms with Gasteiger partial charge in [-0.25, -0.2) is 4.79 Å². The molecular formula is C14H20N2O4. The van der Waals surface area contributed by atoms with Crippen LogP contribution < -0.4 is 4.90 Å². The van der Waals surface area contributed by atoms with E-state index in [1.807, 2.05) is 19.1 Å².